The highest BCUT2D eigenvalue weighted by atomic mass is 19.1. The zero-order valence-corrected chi connectivity index (χ0v) is 12.9. The third-order valence-electron chi connectivity index (χ3n) is 3.46. The first-order chi connectivity index (χ1) is 10.2. The summed E-state index contributed by atoms with van der Waals surface area (Å²) in [5.74, 6) is -1.14. The average Bonchev–Trinajstić information content (AvgIpc) is 2.78. The van der Waals surface area contributed by atoms with Crippen LogP contribution in [0.3, 0.4) is 0 Å². The van der Waals surface area contributed by atoms with Crippen LogP contribution in [0.15, 0.2) is 24.3 Å². The van der Waals surface area contributed by atoms with Crippen molar-refractivity contribution in [2.75, 3.05) is 6.54 Å². The van der Waals surface area contributed by atoms with Gasteiger partial charge in [0.1, 0.15) is 11.8 Å². The first-order valence-electron chi connectivity index (χ1n) is 7.16. The predicted octanol–water partition coefficient (Wildman–Crippen LogP) is 3.40. The number of hydrogen-bond acceptors (Lipinski definition) is 3. The van der Waals surface area contributed by atoms with Gasteiger partial charge in [0.25, 0.3) is 0 Å². The van der Waals surface area contributed by atoms with Gasteiger partial charge >= 0.3 is 12.1 Å². The molecule has 1 saturated heterocycles. The van der Waals surface area contributed by atoms with Gasteiger partial charge in [0.15, 0.2) is 0 Å². The maximum absolute atomic E-state index is 14.3. The second-order valence-electron chi connectivity index (χ2n) is 6.32. The van der Waals surface area contributed by atoms with Crippen LogP contribution in [0.1, 0.15) is 49.2 Å². The molecule has 1 heterocycles. The van der Waals surface area contributed by atoms with Gasteiger partial charge in [-0.1, -0.05) is 18.2 Å². The van der Waals surface area contributed by atoms with Gasteiger partial charge in [-0.25, -0.2) is 14.0 Å². The van der Waals surface area contributed by atoms with E-state index in [2.05, 4.69) is 0 Å². The van der Waals surface area contributed by atoms with Gasteiger partial charge in [-0.05, 0) is 38.8 Å². The maximum atomic E-state index is 14.3. The summed E-state index contributed by atoms with van der Waals surface area (Å²) < 4.78 is 19.6. The number of alkyl halides is 1. The van der Waals surface area contributed by atoms with Gasteiger partial charge in [-0.3, -0.25) is 4.90 Å². The number of ether oxygens (including phenoxy) is 1. The topological polar surface area (TPSA) is 66.8 Å². The van der Waals surface area contributed by atoms with Crippen molar-refractivity contribution in [2.24, 2.45) is 0 Å². The van der Waals surface area contributed by atoms with Gasteiger partial charge in [0, 0.05) is 6.54 Å². The highest BCUT2D eigenvalue weighted by Crippen LogP contribution is 2.37. The van der Waals surface area contributed by atoms with Crippen molar-refractivity contribution in [3.8, 4) is 0 Å². The van der Waals surface area contributed by atoms with Crippen LogP contribution < -0.4 is 0 Å². The minimum absolute atomic E-state index is 0.00519. The van der Waals surface area contributed by atoms with E-state index in [1.54, 1.807) is 39.0 Å². The largest absolute Gasteiger partial charge is 0.478 e. The summed E-state index contributed by atoms with van der Waals surface area (Å²) in [6.45, 7) is 5.39. The van der Waals surface area contributed by atoms with E-state index < -0.39 is 29.9 Å². The Bertz CT molecular complexity index is 582. The van der Waals surface area contributed by atoms with E-state index in [4.69, 9.17) is 4.74 Å². The number of amides is 1. The van der Waals surface area contributed by atoms with E-state index in [1.165, 1.54) is 11.0 Å². The number of benzene rings is 1. The van der Waals surface area contributed by atoms with E-state index in [0.717, 1.165) is 0 Å². The van der Waals surface area contributed by atoms with Crippen molar-refractivity contribution in [3.63, 3.8) is 0 Å². The lowest BCUT2D eigenvalue weighted by molar-refractivity contribution is 0.0191. The van der Waals surface area contributed by atoms with Crippen molar-refractivity contribution < 1.29 is 23.8 Å². The summed E-state index contributed by atoms with van der Waals surface area (Å²) in [5.41, 5.74) is -0.390. The van der Waals surface area contributed by atoms with Crippen LogP contribution in [0.5, 0.6) is 0 Å². The highest BCUT2D eigenvalue weighted by Gasteiger charge is 2.41. The Balaban J connectivity index is 2.35. The molecule has 0 aromatic heterocycles. The molecule has 1 fully saturated rings. The van der Waals surface area contributed by atoms with E-state index >= 15 is 0 Å². The van der Waals surface area contributed by atoms with Crippen molar-refractivity contribution in [3.05, 3.63) is 35.4 Å². The smallest absolute Gasteiger partial charge is 0.410 e. The number of aromatic carboxylic acids is 1. The number of likely N-dealkylation sites (tertiary alicyclic amines) is 1. The molecular formula is C16H20FNO4. The molecule has 1 aromatic carbocycles. The number of hydrogen-bond donors (Lipinski definition) is 1. The number of carboxylic acids is 1. The molecule has 0 bridgehead atoms. The van der Waals surface area contributed by atoms with Crippen molar-refractivity contribution in [1.29, 1.82) is 0 Å². The first-order valence-corrected chi connectivity index (χ1v) is 7.16. The number of rotatable bonds is 2. The lowest BCUT2D eigenvalue weighted by Gasteiger charge is -2.29. The summed E-state index contributed by atoms with van der Waals surface area (Å²) in [6, 6.07) is 5.24. The monoisotopic (exact) mass is 309 g/mol. The quantitative estimate of drug-likeness (QED) is 0.909. The summed E-state index contributed by atoms with van der Waals surface area (Å²) in [7, 11) is 0. The summed E-state index contributed by atoms with van der Waals surface area (Å²) in [6.07, 6.45) is -1.77. The molecule has 1 aromatic rings. The fourth-order valence-electron chi connectivity index (χ4n) is 2.59. The van der Waals surface area contributed by atoms with Gasteiger partial charge in [0.2, 0.25) is 0 Å². The molecule has 1 aliphatic heterocycles. The minimum Gasteiger partial charge on any atom is -0.478 e. The van der Waals surface area contributed by atoms with Gasteiger partial charge in [0.05, 0.1) is 11.6 Å². The molecule has 0 aliphatic carbocycles. The normalized spacial score (nSPS) is 21.7. The molecule has 0 saturated carbocycles. The fraction of sp³-hybridized carbons (Fsp3) is 0.500. The number of carbonyl (C=O) groups is 2. The van der Waals surface area contributed by atoms with Crippen LogP contribution in [0.2, 0.25) is 0 Å². The summed E-state index contributed by atoms with van der Waals surface area (Å²) >= 11 is 0. The molecule has 2 unspecified atom stereocenters. The number of carbonyl (C=O) groups excluding carboxylic acids is 1. The molecule has 6 heteroatoms. The molecule has 2 atom stereocenters. The molecular weight excluding hydrogens is 289 g/mol. The van der Waals surface area contributed by atoms with Crippen LogP contribution in [0.4, 0.5) is 9.18 Å². The lowest BCUT2D eigenvalue weighted by atomic mass is 9.97. The standard InChI is InChI=1S/C16H20FNO4/c1-16(2,3)22-15(21)18-9-8-12(17)13(18)10-6-4-5-7-11(10)14(19)20/h4-7,12-13H,8-9H2,1-3H3,(H,19,20). The zero-order chi connectivity index (χ0) is 16.5. The molecule has 0 spiro atoms. The fourth-order valence-corrected chi connectivity index (χ4v) is 2.59. The van der Waals surface area contributed by atoms with E-state index in [9.17, 15) is 19.1 Å². The lowest BCUT2D eigenvalue weighted by Crippen LogP contribution is -2.38. The van der Waals surface area contributed by atoms with Gasteiger partial charge < -0.3 is 9.84 Å². The molecule has 22 heavy (non-hydrogen) atoms. The Labute approximate surface area is 128 Å². The average molecular weight is 309 g/mol. The number of carboxylic acid groups (broad SMARTS) is 1. The van der Waals surface area contributed by atoms with Crippen molar-refractivity contribution in [1.82, 2.24) is 4.90 Å². The van der Waals surface area contributed by atoms with Gasteiger partial charge in [-0.15, -0.1) is 0 Å². The Morgan fingerprint density at radius 2 is 1.95 bits per heavy atom. The van der Waals surface area contributed by atoms with Crippen LogP contribution in [-0.4, -0.2) is 40.4 Å². The first kappa shape index (κ1) is 16.3. The second-order valence-corrected chi connectivity index (χ2v) is 6.32. The van der Waals surface area contributed by atoms with E-state index in [1.807, 2.05) is 0 Å². The Morgan fingerprint density at radius 3 is 2.55 bits per heavy atom. The molecule has 2 rings (SSSR count). The van der Waals surface area contributed by atoms with Crippen molar-refractivity contribution >= 4 is 12.1 Å². The molecule has 120 valence electrons. The molecule has 1 N–H and O–H groups in total. The predicted molar refractivity (Wildman–Crippen MR) is 78.6 cm³/mol. The maximum Gasteiger partial charge on any atom is 0.410 e. The molecule has 5 nitrogen and oxygen atoms in total. The Morgan fingerprint density at radius 1 is 1.32 bits per heavy atom. The Hall–Kier alpha value is -2.11. The minimum atomic E-state index is -1.31. The van der Waals surface area contributed by atoms with Crippen LogP contribution in [-0.2, 0) is 4.74 Å². The van der Waals surface area contributed by atoms with E-state index in [0.29, 0.717) is 5.56 Å². The summed E-state index contributed by atoms with van der Waals surface area (Å²) in [5, 5.41) is 9.27. The summed E-state index contributed by atoms with van der Waals surface area (Å²) in [4.78, 5) is 24.9. The number of halogens is 1. The third kappa shape index (κ3) is 3.37. The SMILES string of the molecule is CC(C)(C)OC(=O)N1CCC(F)C1c1ccccc1C(=O)O. The van der Waals surface area contributed by atoms with Crippen molar-refractivity contribution in [2.45, 2.75) is 45.0 Å². The second kappa shape index (κ2) is 5.94. The number of nitrogens with zero attached hydrogens (tertiary/aromatic N) is 1. The van der Waals surface area contributed by atoms with Crippen LogP contribution in [0.25, 0.3) is 0 Å². The van der Waals surface area contributed by atoms with E-state index in [-0.39, 0.29) is 18.5 Å². The molecule has 1 aliphatic rings. The molecule has 0 radical (unpaired) electrons. The zero-order valence-electron chi connectivity index (χ0n) is 12.9. The van der Waals surface area contributed by atoms with Crippen LogP contribution >= 0.6 is 0 Å². The van der Waals surface area contributed by atoms with Gasteiger partial charge in [-0.2, -0.15) is 0 Å². The molecule has 1 amide bonds. The Kier molecular flexibility index (Phi) is 4.39. The van der Waals surface area contributed by atoms with Crippen LogP contribution in [0, 0.1) is 0 Å². The third-order valence-corrected chi connectivity index (χ3v) is 3.46. The highest BCUT2D eigenvalue weighted by molar-refractivity contribution is 5.89.